The van der Waals surface area contributed by atoms with Crippen LogP contribution in [-0.4, -0.2) is 4.98 Å². The molecule has 1 heterocycles. The van der Waals surface area contributed by atoms with Crippen LogP contribution in [0, 0.1) is 6.92 Å². The summed E-state index contributed by atoms with van der Waals surface area (Å²) in [6.07, 6.45) is 0.964. The topological polar surface area (TPSA) is 24.9 Å². The maximum Gasteiger partial charge on any atom is 0.107 e. The SMILES string of the molecule is CCC(NCc1nc(C)cs1)c1ccc(Cl)cc1Cl. The molecule has 0 aliphatic heterocycles. The maximum absolute atomic E-state index is 6.25. The van der Waals surface area contributed by atoms with Crippen molar-refractivity contribution in [3.8, 4) is 0 Å². The van der Waals surface area contributed by atoms with Crippen LogP contribution in [0.15, 0.2) is 23.6 Å². The predicted molar refractivity (Wildman–Crippen MR) is 83.2 cm³/mol. The second-order valence-electron chi connectivity index (χ2n) is 4.39. The third-order valence-corrected chi connectivity index (χ3v) is 4.44. The lowest BCUT2D eigenvalue weighted by Gasteiger charge is -2.18. The summed E-state index contributed by atoms with van der Waals surface area (Å²) in [6.45, 7) is 4.90. The molecule has 0 amide bonds. The zero-order valence-corrected chi connectivity index (χ0v) is 13.2. The Kier molecular flexibility index (Phi) is 5.22. The molecule has 102 valence electrons. The fraction of sp³-hybridized carbons (Fsp3) is 0.357. The lowest BCUT2D eigenvalue weighted by atomic mass is 10.0. The molecule has 0 saturated heterocycles. The predicted octanol–water partition coefficient (Wildman–Crippen LogP) is 5.00. The number of thiazole rings is 1. The van der Waals surface area contributed by atoms with Gasteiger partial charge in [0.2, 0.25) is 0 Å². The van der Waals surface area contributed by atoms with Crippen LogP contribution in [0.3, 0.4) is 0 Å². The van der Waals surface area contributed by atoms with Gasteiger partial charge in [-0.15, -0.1) is 11.3 Å². The van der Waals surface area contributed by atoms with E-state index in [1.54, 1.807) is 17.4 Å². The molecule has 1 atom stereocenters. The van der Waals surface area contributed by atoms with Gasteiger partial charge in [-0.3, -0.25) is 0 Å². The minimum absolute atomic E-state index is 0.217. The first-order valence-electron chi connectivity index (χ1n) is 6.19. The van der Waals surface area contributed by atoms with Crippen molar-refractivity contribution >= 4 is 34.5 Å². The van der Waals surface area contributed by atoms with Crippen LogP contribution < -0.4 is 5.32 Å². The van der Waals surface area contributed by atoms with Crippen molar-refractivity contribution in [2.24, 2.45) is 0 Å². The Bertz CT molecular complexity index is 554. The summed E-state index contributed by atoms with van der Waals surface area (Å²) in [5, 5.41) is 8.03. The molecule has 0 radical (unpaired) electrons. The number of rotatable bonds is 5. The molecule has 5 heteroatoms. The molecule has 2 rings (SSSR count). The van der Waals surface area contributed by atoms with Gasteiger partial charge >= 0.3 is 0 Å². The quantitative estimate of drug-likeness (QED) is 0.840. The lowest BCUT2D eigenvalue weighted by molar-refractivity contribution is 0.518. The van der Waals surface area contributed by atoms with E-state index in [2.05, 4.69) is 22.6 Å². The number of hydrogen-bond donors (Lipinski definition) is 1. The second kappa shape index (κ2) is 6.71. The van der Waals surface area contributed by atoms with Gasteiger partial charge in [0.05, 0.1) is 0 Å². The maximum atomic E-state index is 6.25. The molecular formula is C14H16Cl2N2S. The Balaban J connectivity index is 2.07. The number of hydrogen-bond acceptors (Lipinski definition) is 3. The van der Waals surface area contributed by atoms with E-state index in [0.29, 0.717) is 10.0 Å². The van der Waals surface area contributed by atoms with Crippen molar-refractivity contribution in [2.75, 3.05) is 0 Å². The van der Waals surface area contributed by atoms with Crippen LogP contribution in [0.2, 0.25) is 10.0 Å². The van der Waals surface area contributed by atoms with Gasteiger partial charge in [-0.25, -0.2) is 4.98 Å². The van der Waals surface area contributed by atoms with E-state index in [9.17, 15) is 0 Å². The van der Waals surface area contributed by atoms with Gasteiger partial charge in [0.15, 0.2) is 0 Å². The number of benzene rings is 1. The standard InChI is InChI=1S/C14H16Cl2N2S/c1-3-13(11-5-4-10(15)6-12(11)16)17-7-14-18-9(2)8-19-14/h4-6,8,13,17H,3,7H2,1-2H3. The van der Waals surface area contributed by atoms with E-state index < -0.39 is 0 Å². The van der Waals surface area contributed by atoms with Crippen molar-refractivity contribution in [2.45, 2.75) is 32.9 Å². The third-order valence-electron chi connectivity index (χ3n) is 2.91. The van der Waals surface area contributed by atoms with Crippen LogP contribution in [-0.2, 0) is 6.54 Å². The summed E-state index contributed by atoms with van der Waals surface area (Å²) >= 11 is 13.9. The van der Waals surface area contributed by atoms with Gasteiger partial charge in [0.25, 0.3) is 0 Å². The molecule has 1 N–H and O–H groups in total. The van der Waals surface area contributed by atoms with Crippen molar-refractivity contribution in [1.29, 1.82) is 0 Å². The van der Waals surface area contributed by atoms with Crippen molar-refractivity contribution in [3.05, 3.63) is 49.9 Å². The Morgan fingerprint density at radius 3 is 2.74 bits per heavy atom. The zero-order valence-electron chi connectivity index (χ0n) is 10.9. The van der Waals surface area contributed by atoms with Crippen LogP contribution in [0.4, 0.5) is 0 Å². The van der Waals surface area contributed by atoms with Gasteiger partial charge in [-0.05, 0) is 31.0 Å². The van der Waals surface area contributed by atoms with E-state index in [1.807, 2.05) is 19.1 Å². The minimum atomic E-state index is 0.217. The molecule has 0 fully saturated rings. The summed E-state index contributed by atoms with van der Waals surface area (Å²) in [5.41, 5.74) is 2.15. The molecule has 0 bridgehead atoms. The first-order chi connectivity index (χ1) is 9.10. The lowest BCUT2D eigenvalue weighted by Crippen LogP contribution is -2.20. The number of nitrogens with one attached hydrogen (secondary N) is 1. The van der Waals surface area contributed by atoms with Crippen LogP contribution in [0.25, 0.3) is 0 Å². The molecule has 0 spiro atoms. The van der Waals surface area contributed by atoms with E-state index in [0.717, 1.165) is 29.2 Å². The summed E-state index contributed by atoms with van der Waals surface area (Å²) in [6, 6.07) is 5.87. The Morgan fingerprint density at radius 1 is 1.37 bits per heavy atom. The fourth-order valence-corrected chi connectivity index (χ4v) is 3.22. The monoisotopic (exact) mass is 314 g/mol. The first kappa shape index (κ1) is 14.8. The van der Waals surface area contributed by atoms with E-state index in [1.165, 1.54) is 0 Å². The first-order valence-corrected chi connectivity index (χ1v) is 7.83. The molecule has 1 aromatic carbocycles. The van der Waals surface area contributed by atoms with Crippen LogP contribution in [0.1, 0.15) is 35.7 Å². The molecule has 0 aliphatic carbocycles. The average molecular weight is 315 g/mol. The van der Waals surface area contributed by atoms with Gasteiger partial charge in [-0.2, -0.15) is 0 Å². The van der Waals surface area contributed by atoms with Gasteiger partial charge < -0.3 is 5.32 Å². The summed E-state index contributed by atoms with van der Waals surface area (Å²) < 4.78 is 0. The van der Waals surface area contributed by atoms with E-state index >= 15 is 0 Å². The molecule has 2 aromatic rings. The van der Waals surface area contributed by atoms with Crippen LogP contribution >= 0.6 is 34.5 Å². The minimum Gasteiger partial charge on any atom is -0.304 e. The highest BCUT2D eigenvalue weighted by atomic mass is 35.5. The number of aromatic nitrogens is 1. The Morgan fingerprint density at radius 2 is 2.16 bits per heavy atom. The molecule has 1 unspecified atom stereocenters. The smallest absolute Gasteiger partial charge is 0.107 e. The highest BCUT2D eigenvalue weighted by Gasteiger charge is 2.13. The molecule has 19 heavy (non-hydrogen) atoms. The summed E-state index contributed by atoms with van der Waals surface area (Å²) in [4.78, 5) is 4.45. The van der Waals surface area contributed by atoms with Crippen molar-refractivity contribution in [1.82, 2.24) is 10.3 Å². The highest BCUT2D eigenvalue weighted by Crippen LogP contribution is 2.28. The third kappa shape index (κ3) is 3.93. The van der Waals surface area contributed by atoms with Crippen molar-refractivity contribution in [3.63, 3.8) is 0 Å². The fourth-order valence-electron chi connectivity index (χ4n) is 1.95. The molecule has 2 nitrogen and oxygen atoms in total. The Hall–Kier alpha value is -0.610. The summed E-state index contributed by atoms with van der Waals surface area (Å²) in [5.74, 6) is 0. The largest absolute Gasteiger partial charge is 0.304 e. The zero-order chi connectivity index (χ0) is 13.8. The second-order valence-corrected chi connectivity index (χ2v) is 6.18. The van der Waals surface area contributed by atoms with E-state index in [-0.39, 0.29) is 6.04 Å². The number of halogens is 2. The van der Waals surface area contributed by atoms with Crippen LogP contribution in [0.5, 0.6) is 0 Å². The van der Waals surface area contributed by atoms with E-state index in [4.69, 9.17) is 23.2 Å². The highest BCUT2D eigenvalue weighted by molar-refractivity contribution is 7.09. The van der Waals surface area contributed by atoms with Gasteiger partial charge in [0.1, 0.15) is 5.01 Å². The molecule has 0 aliphatic rings. The molecule has 0 saturated carbocycles. The number of aryl methyl sites for hydroxylation is 1. The average Bonchev–Trinajstić information content (AvgIpc) is 2.78. The summed E-state index contributed by atoms with van der Waals surface area (Å²) in [7, 11) is 0. The number of nitrogens with zero attached hydrogens (tertiary/aromatic N) is 1. The normalized spacial score (nSPS) is 12.6. The molecule has 1 aromatic heterocycles. The van der Waals surface area contributed by atoms with Gasteiger partial charge in [0, 0.05) is 33.7 Å². The molecular weight excluding hydrogens is 299 g/mol. The van der Waals surface area contributed by atoms with Gasteiger partial charge in [-0.1, -0.05) is 36.2 Å². The Labute approximate surface area is 127 Å². The van der Waals surface area contributed by atoms with Crippen molar-refractivity contribution < 1.29 is 0 Å².